The van der Waals surface area contributed by atoms with Crippen molar-refractivity contribution in [2.45, 2.75) is 0 Å². The largest absolute Gasteiger partial charge is 0.478 e. The third-order valence-corrected chi connectivity index (χ3v) is 2.34. The van der Waals surface area contributed by atoms with Gasteiger partial charge in [-0.15, -0.1) is 0 Å². The molecule has 1 N–H and O–H groups in total. The summed E-state index contributed by atoms with van der Waals surface area (Å²) in [7, 11) is 0. The molecule has 68 valence electrons. The van der Waals surface area contributed by atoms with Crippen LogP contribution in [0, 0.1) is 12.3 Å². The molecule has 0 unspecified atom stereocenters. The Balaban J connectivity index is 2.58. The molecule has 0 fully saturated rings. The molecule has 2 aromatic rings. The molecule has 0 amide bonds. The maximum Gasteiger partial charge on any atom is 0.336 e. The molecule has 0 bridgehead atoms. The van der Waals surface area contributed by atoms with Crippen molar-refractivity contribution < 1.29 is 9.90 Å². The topological polar surface area (TPSA) is 63.1 Å². The van der Waals surface area contributed by atoms with E-state index in [-0.39, 0.29) is 5.56 Å². The number of carbonyl (C=O) groups is 1. The van der Waals surface area contributed by atoms with Crippen molar-refractivity contribution in [3.63, 3.8) is 0 Å². The van der Waals surface area contributed by atoms with E-state index in [9.17, 15) is 4.79 Å². The SMILES string of the molecule is O=C(O)c1ccncc1-c1[c][c]ns1. The van der Waals surface area contributed by atoms with Crippen LogP contribution in [-0.4, -0.2) is 20.4 Å². The minimum atomic E-state index is -0.982. The molecular formula is C9H4N2O2S. The molecule has 0 atom stereocenters. The lowest BCUT2D eigenvalue weighted by Crippen LogP contribution is -1.98. The second-order valence-corrected chi connectivity index (χ2v) is 3.25. The van der Waals surface area contributed by atoms with Gasteiger partial charge >= 0.3 is 5.97 Å². The first-order valence-corrected chi connectivity index (χ1v) is 4.49. The van der Waals surface area contributed by atoms with Crippen molar-refractivity contribution >= 4 is 17.5 Å². The highest BCUT2D eigenvalue weighted by Gasteiger charge is 2.12. The van der Waals surface area contributed by atoms with Gasteiger partial charge in [0.15, 0.2) is 0 Å². The van der Waals surface area contributed by atoms with Crippen LogP contribution in [0.4, 0.5) is 0 Å². The van der Waals surface area contributed by atoms with Gasteiger partial charge in [0.05, 0.1) is 10.4 Å². The molecule has 5 heteroatoms. The summed E-state index contributed by atoms with van der Waals surface area (Å²) in [6.07, 6.45) is 5.45. The van der Waals surface area contributed by atoms with Crippen molar-refractivity contribution in [2.24, 2.45) is 0 Å². The first-order chi connectivity index (χ1) is 6.79. The van der Waals surface area contributed by atoms with Gasteiger partial charge in [0, 0.05) is 24.0 Å². The zero-order valence-electron chi connectivity index (χ0n) is 6.89. The first kappa shape index (κ1) is 8.83. The third kappa shape index (κ3) is 1.49. The van der Waals surface area contributed by atoms with Crippen LogP contribution in [0.5, 0.6) is 0 Å². The summed E-state index contributed by atoms with van der Waals surface area (Å²) in [5.41, 5.74) is 0.729. The molecule has 0 aromatic carbocycles. The van der Waals surface area contributed by atoms with E-state index in [1.54, 1.807) is 0 Å². The monoisotopic (exact) mass is 204 g/mol. The Morgan fingerprint density at radius 1 is 1.57 bits per heavy atom. The van der Waals surface area contributed by atoms with Crippen LogP contribution >= 0.6 is 11.5 Å². The molecule has 0 spiro atoms. The molecule has 0 saturated carbocycles. The maximum atomic E-state index is 10.8. The number of rotatable bonds is 2. The standard InChI is InChI=1S/C9H4N2O2S/c12-9(13)6-1-3-10-5-7(6)8-2-4-11-14-8/h1,3,5H,(H,12,13). The van der Waals surface area contributed by atoms with Crippen LogP contribution < -0.4 is 0 Å². The van der Waals surface area contributed by atoms with Crippen LogP contribution in [0.25, 0.3) is 10.4 Å². The predicted octanol–water partition coefficient (Wildman–Crippen LogP) is 1.50. The van der Waals surface area contributed by atoms with Crippen molar-refractivity contribution in [1.29, 1.82) is 0 Å². The number of carboxylic acid groups (broad SMARTS) is 1. The van der Waals surface area contributed by atoms with E-state index in [2.05, 4.69) is 21.6 Å². The van der Waals surface area contributed by atoms with Crippen LogP contribution in [0.1, 0.15) is 10.4 Å². The number of hydrogen-bond acceptors (Lipinski definition) is 4. The van der Waals surface area contributed by atoms with Gasteiger partial charge < -0.3 is 5.11 Å². The fraction of sp³-hybridized carbons (Fsp3) is 0. The van der Waals surface area contributed by atoms with Crippen molar-refractivity contribution in [3.05, 3.63) is 36.3 Å². The highest BCUT2D eigenvalue weighted by molar-refractivity contribution is 7.09. The summed E-state index contributed by atoms with van der Waals surface area (Å²) in [6, 6.07) is 4.18. The van der Waals surface area contributed by atoms with E-state index < -0.39 is 5.97 Å². The maximum absolute atomic E-state index is 10.8. The van der Waals surface area contributed by atoms with Crippen molar-refractivity contribution in [3.8, 4) is 10.4 Å². The van der Waals surface area contributed by atoms with Crippen molar-refractivity contribution in [1.82, 2.24) is 9.36 Å². The summed E-state index contributed by atoms with van der Waals surface area (Å²) >= 11 is 1.14. The molecule has 0 aliphatic rings. The number of carboxylic acids is 1. The van der Waals surface area contributed by atoms with Gasteiger partial charge in [-0.1, -0.05) is 0 Å². The van der Waals surface area contributed by atoms with Crippen LogP contribution in [0.3, 0.4) is 0 Å². The van der Waals surface area contributed by atoms with Gasteiger partial charge in [0.1, 0.15) is 6.20 Å². The molecule has 2 heterocycles. The number of aromatic nitrogens is 2. The number of nitrogens with zero attached hydrogens (tertiary/aromatic N) is 2. The zero-order chi connectivity index (χ0) is 9.97. The Hall–Kier alpha value is -1.75. The number of pyridine rings is 1. The quantitative estimate of drug-likeness (QED) is 0.805. The summed E-state index contributed by atoms with van der Waals surface area (Å²) in [5, 5.41) is 8.90. The van der Waals surface area contributed by atoms with Crippen molar-refractivity contribution in [2.75, 3.05) is 0 Å². The first-order valence-electron chi connectivity index (χ1n) is 3.72. The summed E-state index contributed by atoms with van der Waals surface area (Å²) in [4.78, 5) is 15.3. The van der Waals surface area contributed by atoms with Crippen LogP contribution in [0.15, 0.2) is 18.5 Å². The highest BCUT2D eigenvalue weighted by atomic mass is 32.1. The van der Waals surface area contributed by atoms with Gasteiger partial charge in [-0.05, 0) is 17.6 Å². The predicted molar refractivity (Wildman–Crippen MR) is 50.0 cm³/mol. The summed E-state index contributed by atoms with van der Waals surface area (Å²) in [5.74, 6) is -0.982. The molecule has 0 aliphatic carbocycles. The van der Waals surface area contributed by atoms with E-state index in [0.29, 0.717) is 10.4 Å². The Morgan fingerprint density at radius 3 is 3.07 bits per heavy atom. The molecule has 2 radical (unpaired) electrons. The smallest absolute Gasteiger partial charge is 0.336 e. The van der Waals surface area contributed by atoms with Gasteiger partial charge in [-0.2, -0.15) is 4.37 Å². The Labute approximate surface area is 84.0 Å². The van der Waals surface area contributed by atoms with E-state index in [4.69, 9.17) is 5.11 Å². The van der Waals surface area contributed by atoms with E-state index in [1.165, 1.54) is 18.5 Å². The van der Waals surface area contributed by atoms with Gasteiger partial charge in [0.2, 0.25) is 0 Å². The lowest BCUT2D eigenvalue weighted by atomic mass is 10.1. The lowest BCUT2D eigenvalue weighted by molar-refractivity contribution is 0.0697. The normalized spacial score (nSPS) is 10.0. The van der Waals surface area contributed by atoms with Gasteiger partial charge in [-0.3, -0.25) is 4.98 Å². The molecule has 4 nitrogen and oxygen atoms in total. The average molecular weight is 204 g/mol. The van der Waals surface area contributed by atoms with Gasteiger partial charge in [-0.25, -0.2) is 4.79 Å². The Morgan fingerprint density at radius 2 is 2.43 bits per heavy atom. The van der Waals surface area contributed by atoms with Crippen LogP contribution in [0.2, 0.25) is 0 Å². The lowest BCUT2D eigenvalue weighted by Gasteiger charge is -2.00. The van der Waals surface area contributed by atoms with Crippen LogP contribution in [-0.2, 0) is 0 Å². The van der Waals surface area contributed by atoms with Gasteiger partial charge in [0.25, 0.3) is 0 Å². The molecule has 14 heavy (non-hydrogen) atoms. The fourth-order valence-corrected chi connectivity index (χ4v) is 1.58. The third-order valence-electron chi connectivity index (χ3n) is 1.65. The zero-order valence-corrected chi connectivity index (χ0v) is 7.71. The summed E-state index contributed by atoms with van der Waals surface area (Å²) in [6.45, 7) is 0. The molecular weight excluding hydrogens is 200 g/mol. The Bertz CT molecular complexity index is 454. The second-order valence-electron chi connectivity index (χ2n) is 2.47. The minimum Gasteiger partial charge on any atom is -0.478 e. The summed E-state index contributed by atoms with van der Waals surface area (Å²) < 4.78 is 3.74. The Kier molecular flexibility index (Phi) is 2.24. The molecule has 0 aliphatic heterocycles. The minimum absolute atomic E-state index is 0.203. The number of aromatic carboxylic acids is 1. The average Bonchev–Trinajstić information content (AvgIpc) is 2.70. The second kappa shape index (κ2) is 3.55. The number of hydrogen-bond donors (Lipinski definition) is 1. The van der Waals surface area contributed by atoms with E-state index >= 15 is 0 Å². The van der Waals surface area contributed by atoms with E-state index in [0.717, 1.165) is 11.5 Å². The fourth-order valence-electron chi connectivity index (χ4n) is 1.04. The molecule has 0 saturated heterocycles. The van der Waals surface area contributed by atoms with E-state index in [1.807, 2.05) is 0 Å². The molecule has 2 rings (SSSR count). The molecule has 2 aromatic heterocycles. The highest BCUT2D eigenvalue weighted by Crippen LogP contribution is 2.24.